The predicted octanol–water partition coefficient (Wildman–Crippen LogP) is 2.57. The molecule has 2 aromatic heterocycles. The Labute approximate surface area is 117 Å². The summed E-state index contributed by atoms with van der Waals surface area (Å²) < 4.78 is 1.85. The number of amides is 1. The second-order valence-electron chi connectivity index (χ2n) is 4.76. The fourth-order valence-electron chi connectivity index (χ4n) is 2.06. The number of fused-ring (bicyclic) bond motifs is 1. The lowest BCUT2D eigenvalue weighted by Gasteiger charge is -2.02. The summed E-state index contributed by atoms with van der Waals surface area (Å²) in [7, 11) is 0. The van der Waals surface area contributed by atoms with Crippen molar-refractivity contribution in [3.63, 3.8) is 0 Å². The van der Waals surface area contributed by atoms with Gasteiger partial charge in [-0.3, -0.25) is 4.79 Å². The number of aromatic nitrogens is 2. The van der Waals surface area contributed by atoms with Crippen LogP contribution in [-0.2, 0) is 6.54 Å². The van der Waals surface area contributed by atoms with Gasteiger partial charge in [0.2, 0.25) is 0 Å². The van der Waals surface area contributed by atoms with Crippen LogP contribution in [0.15, 0.2) is 54.9 Å². The second-order valence-corrected chi connectivity index (χ2v) is 4.76. The van der Waals surface area contributed by atoms with E-state index < -0.39 is 0 Å². The maximum atomic E-state index is 12.1. The number of benzene rings is 1. The first kappa shape index (κ1) is 12.4. The van der Waals surface area contributed by atoms with E-state index in [-0.39, 0.29) is 5.91 Å². The minimum absolute atomic E-state index is 0.157. The third kappa shape index (κ3) is 2.54. The number of hydrogen-bond acceptors (Lipinski definition) is 2. The predicted molar refractivity (Wildman–Crippen MR) is 77.5 cm³/mol. The number of imidazole rings is 1. The standard InChI is InChI=1S/C16H15N3O/c1-12-7-8-19-11-14(18-15(19)9-12)16(20)17-10-13-5-3-2-4-6-13/h2-9,11H,10H2,1H3,(H,17,20). The molecule has 0 unspecified atom stereocenters. The smallest absolute Gasteiger partial charge is 0.271 e. The summed E-state index contributed by atoms with van der Waals surface area (Å²) in [4.78, 5) is 16.4. The van der Waals surface area contributed by atoms with E-state index in [1.165, 1.54) is 0 Å². The Bertz CT molecular complexity index is 747. The average molecular weight is 265 g/mol. The Morgan fingerprint density at radius 2 is 2.05 bits per heavy atom. The van der Waals surface area contributed by atoms with Gasteiger partial charge in [0.25, 0.3) is 5.91 Å². The molecule has 2 heterocycles. The Hall–Kier alpha value is -2.62. The molecule has 4 nitrogen and oxygen atoms in total. The van der Waals surface area contributed by atoms with Crippen molar-refractivity contribution in [2.45, 2.75) is 13.5 Å². The highest BCUT2D eigenvalue weighted by atomic mass is 16.1. The van der Waals surface area contributed by atoms with Crippen LogP contribution in [0.1, 0.15) is 21.6 Å². The van der Waals surface area contributed by atoms with Crippen molar-refractivity contribution >= 4 is 11.6 Å². The fourth-order valence-corrected chi connectivity index (χ4v) is 2.06. The quantitative estimate of drug-likeness (QED) is 0.791. The van der Waals surface area contributed by atoms with Gasteiger partial charge in [-0.25, -0.2) is 4.98 Å². The summed E-state index contributed by atoms with van der Waals surface area (Å²) in [6.45, 7) is 2.51. The zero-order valence-electron chi connectivity index (χ0n) is 11.2. The normalized spacial score (nSPS) is 10.7. The zero-order valence-corrected chi connectivity index (χ0v) is 11.2. The van der Waals surface area contributed by atoms with E-state index in [1.54, 1.807) is 6.20 Å². The highest BCUT2D eigenvalue weighted by molar-refractivity contribution is 5.92. The number of aryl methyl sites for hydroxylation is 1. The van der Waals surface area contributed by atoms with Crippen LogP contribution in [0.2, 0.25) is 0 Å². The Morgan fingerprint density at radius 1 is 1.25 bits per heavy atom. The number of pyridine rings is 1. The van der Waals surface area contributed by atoms with Gasteiger partial charge in [0.1, 0.15) is 11.3 Å². The lowest BCUT2D eigenvalue weighted by atomic mass is 10.2. The summed E-state index contributed by atoms with van der Waals surface area (Å²) >= 11 is 0. The van der Waals surface area contributed by atoms with E-state index in [0.717, 1.165) is 16.8 Å². The van der Waals surface area contributed by atoms with Gasteiger partial charge in [-0.2, -0.15) is 0 Å². The molecule has 0 atom stereocenters. The zero-order chi connectivity index (χ0) is 13.9. The van der Waals surface area contributed by atoms with Gasteiger partial charge in [0.05, 0.1) is 0 Å². The molecule has 0 saturated carbocycles. The van der Waals surface area contributed by atoms with E-state index in [0.29, 0.717) is 12.2 Å². The monoisotopic (exact) mass is 265 g/mol. The van der Waals surface area contributed by atoms with Gasteiger partial charge < -0.3 is 9.72 Å². The molecule has 0 spiro atoms. The van der Waals surface area contributed by atoms with Crippen LogP contribution in [0, 0.1) is 6.92 Å². The molecule has 0 aliphatic carbocycles. The Kier molecular flexibility index (Phi) is 3.21. The first-order valence-electron chi connectivity index (χ1n) is 6.50. The molecule has 0 fully saturated rings. The van der Waals surface area contributed by atoms with Crippen LogP contribution in [0.5, 0.6) is 0 Å². The van der Waals surface area contributed by atoms with Crippen LogP contribution >= 0.6 is 0 Å². The molecule has 4 heteroatoms. The molecular formula is C16H15N3O. The van der Waals surface area contributed by atoms with Crippen molar-refractivity contribution in [1.82, 2.24) is 14.7 Å². The van der Waals surface area contributed by atoms with E-state index in [2.05, 4.69) is 10.3 Å². The highest BCUT2D eigenvalue weighted by Crippen LogP contribution is 2.08. The number of rotatable bonds is 3. The molecule has 0 aliphatic rings. The van der Waals surface area contributed by atoms with Gasteiger partial charge in [-0.05, 0) is 30.2 Å². The van der Waals surface area contributed by atoms with E-state index in [4.69, 9.17) is 0 Å². The van der Waals surface area contributed by atoms with Gasteiger partial charge in [-0.15, -0.1) is 0 Å². The maximum Gasteiger partial charge on any atom is 0.271 e. The molecule has 1 aromatic carbocycles. The maximum absolute atomic E-state index is 12.1. The molecule has 0 saturated heterocycles. The Morgan fingerprint density at radius 3 is 2.85 bits per heavy atom. The second kappa shape index (κ2) is 5.17. The number of hydrogen-bond donors (Lipinski definition) is 1. The van der Waals surface area contributed by atoms with Crippen molar-refractivity contribution in [2.75, 3.05) is 0 Å². The molecule has 1 N–H and O–H groups in total. The lowest BCUT2D eigenvalue weighted by molar-refractivity contribution is 0.0946. The fraction of sp³-hybridized carbons (Fsp3) is 0.125. The molecule has 3 rings (SSSR count). The average Bonchev–Trinajstić information content (AvgIpc) is 2.89. The largest absolute Gasteiger partial charge is 0.347 e. The molecule has 20 heavy (non-hydrogen) atoms. The van der Waals surface area contributed by atoms with Gasteiger partial charge in [0, 0.05) is 18.9 Å². The number of carbonyl (C=O) groups excluding carboxylic acids is 1. The van der Waals surface area contributed by atoms with E-state index in [9.17, 15) is 4.79 Å². The minimum Gasteiger partial charge on any atom is -0.347 e. The molecular weight excluding hydrogens is 250 g/mol. The van der Waals surface area contributed by atoms with Gasteiger partial charge in [-0.1, -0.05) is 30.3 Å². The van der Waals surface area contributed by atoms with Gasteiger partial charge >= 0.3 is 0 Å². The van der Waals surface area contributed by atoms with Crippen molar-refractivity contribution in [1.29, 1.82) is 0 Å². The first-order valence-corrected chi connectivity index (χ1v) is 6.50. The lowest BCUT2D eigenvalue weighted by Crippen LogP contribution is -2.23. The summed E-state index contributed by atoms with van der Waals surface area (Å²) in [5.74, 6) is -0.157. The van der Waals surface area contributed by atoms with Crippen molar-refractivity contribution < 1.29 is 4.79 Å². The summed E-state index contributed by atoms with van der Waals surface area (Å²) in [6.07, 6.45) is 3.65. The number of nitrogens with one attached hydrogen (secondary N) is 1. The third-order valence-corrected chi connectivity index (χ3v) is 3.14. The number of nitrogens with zero attached hydrogens (tertiary/aromatic N) is 2. The third-order valence-electron chi connectivity index (χ3n) is 3.14. The molecule has 100 valence electrons. The van der Waals surface area contributed by atoms with E-state index >= 15 is 0 Å². The summed E-state index contributed by atoms with van der Waals surface area (Å²) in [5.41, 5.74) is 3.42. The van der Waals surface area contributed by atoms with Crippen LogP contribution < -0.4 is 5.32 Å². The summed E-state index contributed by atoms with van der Waals surface area (Å²) in [5, 5.41) is 2.88. The first-order chi connectivity index (χ1) is 9.72. The molecule has 0 aliphatic heterocycles. The molecule has 0 radical (unpaired) electrons. The van der Waals surface area contributed by atoms with Crippen molar-refractivity contribution in [2.24, 2.45) is 0 Å². The number of carbonyl (C=O) groups is 1. The van der Waals surface area contributed by atoms with Crippen LogP contribution in [-0.4, -0.2) is 15.3 Å². The van der Waals surface area contributed by atoms with Crippen molar-refractivity contribution in [3.8, 4) is 0 Å². The van der Waals surface area contributed by atoms with Crippen LogP contribution in [0.3, 0.4) is 0 Å². The molecule has 0 bridgehead atoms. The van der Waals surface area contributed by atoms with Crippen molar-refractivity contribution in [3.05, 3.63) is 71.7 Å². The SMILES string of the molecule is Cc1ccn2cc(C(=O)NCc3ccccc3)nc2c1. The van der Waals surface area contributed by atoms with Gasteiger partial charge in [0.15, 0.2) is 0 Å². The molecule has 3 aromatic rings. The minimum atomic E-state index is -0.157. The van der Waals surface area contributed by atoms with Crippen LogP contribution in [0.25, 0.3) is 5.65 Å². The van der Waals surface area contributed by atoms with E-state index in [1.807, 2.05) is 60.0 Å². The summed E-state index contributed by atoms with van der Waals surface area (Å²) in [6, 6.07) is 13.8. The Balaban J connectivity index is 1.75. The highest BCUT2D eigenvalue weighted by Gasteiger charge is 2.10. The molecule has 1 amide bonds. The van der Waals surface area contributed by atoms with Crippen LogP contribution in [0.4, 0.5) is 0 Å². The topological polar surface area (TPSA) is 46.4 Å².